The smallest absolute Gasteiger partial charge is 0.255 e. The number of nitrogens with one attached hydrogen (secondary N) is 2. The second kappa shape index (κ2) is 13.1. The summed E-state index contributed by atoms with van der Waals surface area (Å²) in [5.74, 6) is 0.372. The molecule has 1 fully saturated rings. The normalized spacial score (nSPS) is 19.6. The fraction of sp³-hybridized carbons (Fsp3) is 0.419. The zero-order valence-electron chi connectivity index (χ0n) is 24.0. The van der Waals surface area contributed by atoms with Crippen molar-refractivity contribution in [2.75, 3.05) is 26.1 Å². The van der Waals surface area contributed by atoms with Crippen molar-refractivity contribution >= 4 is 29.4 Å². The van der Waals surface area contributed by atoms with Gasteiger partial charge in [0.05, 0.1) is 42.8 Å². The first-order valence-corrected chi connectivity index (χ1v) is 14.5. The summed E-state index contributed by atoms with van der Waals surface area (Å²) in [7, 11) is 3.33. The van der Waals surface area contributed by atoms with Gasteiger partial charge in [-0.05, 0) is 61.9 Å². The van der Waals surface area contributed by atoms with Crippen LogP contribution in [0.4, 0.5) is 5.95 Å². The van der Waals surface area contributed by atoms with Gasteiger partial charge in [0, 0.05) is 30.8 Å². The Kier molecular flexibility index (Phi) is 9.25. The van der Waals surface area contributed by atoms with Crippen LogP contribution in [0.25, 0.3) is 11.3 Å². The molecule has 1 saturated carbocycles. The number of aromatic nitrogens is 2. The lowest BCUT2D eigenvalue weighted by Crippen LogP contribution is -2.49. The van der Waals surface area contributed by atoms with E-state index in [2.05, 4.69) is 20.6 Å². The molecule has 2 atom stereocenters. The number of aliphatic hydroxyl groups is 1. The van der Waals surface area contributed by atoms with E-state index < -0.39 is 18.6 Å². The molecule has 2 unspecified atom stereocenters. The number of amides is 2. The summed E-state index contributed by atoms with van der Waals surface area (Å²) >= 11 is 6.50. The molecule has 0 saturated heterocycles. The molecule has 3 aromatic rings. The van der Waals surface area contributed by atoms with Gasteiger partial charge >= 0.3 is 0 Å². The van der Waals surface area contributed by atoms with Gasteiger partial charge in [-0.25, -0.2) is 9.97 Å². The summed E-state index contributed by atoms with van der Waals surface area (Å²) in [4.78, 5) is 37.2. The highest BCUT2D eigenvalue weighted by molar-refractivity contribution is 6.33. The van der Waals surface area contributed by atoms with E-state index in [0.29, 0.717) is 39.6 Å². The third-order valence-corrected chi connectivity index (χ3v) is 8.38. The van der Waals surface area contributed by atoms with E-state index in [1.807, 2.05) is 43.3 Å². The van der Waals surface area contributed by atoms with E-state index in [0.717, 1.165) is 36.8 Å². The minimum atomic E-state index is -1.05. The fourth-order valence-electron chi connectivity index (χ4n) is 5.61. The Balaban J connectivity index is 1.30. The summed E-state index contributed by atoms with van der Waals surface area (Å²) in [6.07, 6.45) is 5.72. The number of methoxy groups -OCH3 is 2. The lowest BCUT2D eigenvalue weighted by molar-refractivity contribution is -0.127. The van der Waals surface area contributed by atoms with Gasteiger partial charge in [-0.2, -0.15) is 0 Å². The minimum Gasteiger partial charge on any atom is -0.497 e. The van der Waals surface area contributed by atoms with Gasteiger partial charge in [0.2, 0.25) is 11.9 Å². The molecule has 11 heteroatoms. The Bertz CT molecular complexity index is 1440. The zero-order valence-corrected chi connectivity index (χ0v) is 24.7. The molecule has 1 aliphatic heterocycles. The average molecular weight is 594 g/mol. The number of carbonyl (C=O) groups is 2. The molecule has 2 aromatic carbocycles. The van der Waals surface area contributed by atoms with Gasteiger partial charge in [0.25, 0.3) is 5.91 Å². The lowest BCUT2D eigenvalue weighted by Gasteiger charge is -2.28. The molecular formula is C31H36ClN5O5. The highest BCUT2D eigenvalue weighted by Crippen LogP contribution is 2.33. The van der Waals surface area contributed by atoms with Crippen LogP contribution >= 0.6 is 11.6 Å². The monoisotopic (exact) mass is 593 g/mol. The number of benzene rings is 2. The van der Waals surface area contributed by atoms with Crippen molar-refractivity contribution < 1.29 is 24.2 Å². The van der Waals surface area contributed by atoms with Crippen LogP contribution in [-0.4, -0.2) is 70.8 Å². The van der Waals surface area contributed by atoms with E-state index in [9.17, 15) is 14.7 Å². The minimum absolute atomic E-state index is 0.203. The van der Waals surface area contributed by atoms with Crippen molar-refractivity contribution in [2.45, 2.75) is 63.4 Å². The van der Waals surface area contributed by atoms with Gasteiger partial charge in [0.15, 0.2) is 0 Å². The number of fused-ring (bicyclic) bond motifs is 1. The third-order valence-electron chi connectivity index (χ3n) is 8.10. The molecule has 0 spiro atoms. The predicted molar refractivity (Wildman–Crippen MR) is 159 cm³/mol. The van der Waals surface area contributed by atoms with Crippen LogP contribution in [-0.2, 0) is 16.1 Å². The molecule has 1 aliphatic carbocycles. The maximum absolute atomic E-state index is 13.5. The van der Waals surface area contributed by atoms with Crippen LogP contribution in [0, 0.1) is 0 Å². The number of carbonyl (C=O) groups excluding carboxylic acids is 2. The van der Waals surface area contributed by atoms with Crippen molar-refractivity contribution in [1.82, 2.24) is 20.2 Å². The average Bonchev–Trinajstić information content (AvgIpc) is 3.33. The van der Waals surface area contributed by atoms with E-state index in [1.54, 1.807) is 26.5 Å². The molecule has 2 heterocycles. The van der Waals surface area contributed by atoms with Crippen LogP contribution in [0.3, 0.4) is 0 Å². The molecular weight excluding hydrogens is 558 g/mol. The van der Waals surface area contributed by atoms with Crippen LogP contribution < -0.4 is 15.4 Å². The van der Waals surface area contributed by atoms with Crippen LogP contribution in [0.5, 0.6) is 5.75 Å². The molecule has 222 valence electrons. The van der Waals surface area contributed by atoms with Gasteiger partial charge < -0.3 is 30.1 Å². The predicted octanol–water partition coefficient (Wildman–Crippen LogP) is 4.37. The van der Waals surface area contributed by atoms with Crippen LogP contribution in [0.15, 0.2) is 48.7 Å². The molecule has 1 aromatic heterocycles. The van der Waals surface area contributed by atoms with Gasteiger partial charge in [-0.15, -0.1) is 0 Å². The molecule has 42 heavy (non-hydrogen) atoms. The highest BCUT2D eigenvalue weighted by atomic mass is 35.5. The van der Waals surface area contributed by atoms with Crippen LogP contribution in [0.1, 0.15) is 60.1 Å². The largest absolute Gasteiger partial charge is 0.497 e. The number of hydrogen-bond acceptors (Lipinski definition) is 8. The van der Waals surface area contributed by atoms with E-state index in [4.69, 9.17) is 21.1 Å². The van der Waals surface area contributed by atoms with Gasteiger partial charge in [-0.1, -0.05) is 35.9 Å². The summed E-state index contributed by atoms with van der Waals surface area (Å²) in [6.45, 7) is 1.53. The standard InChI is InChI=1S/C31H36ClN5O5/c1-18(19-5-4-6-24(13-19)42-3)34-29(39)27(17-38)37-16-21-8-7-20(14-25(21)30(37)40)28-26(32)15-33-31(36-28)35-22-9-11-23(41-2)12-10-22/h4-8,13-15,18,22-23,27,38H,9-12,16-17H2,1-3H3,(H,34,39)(H,33,35,36)/t18?,22-,23-,27?. The highest BCUT2D eigenvalue weighted by Gasteiger charge is 2.37. The van der Waals surface area contributed by atoms with Gasteiger partial charge in [-0.3, -0.25) is 9.59 Å². The van der Waals surface area contributed by atoms with Crippen molar-refractivity contribution in [3.63, 3.8) is 0 Å². The first-order chi connectivity index (χ1) is 20.3. The summed E-state index contributed by atoms with van der Waals surface area (Å²) in [5.41, 5.74) is 3.23. The number of rotatable bonds is 10. The zero-order chi connectivity index (χ0) is 29.8. The van der Waals surface area contributed by atoms with Crippen molar-refractivity contribution in [3.05, 3.63) is 70.4 Å². The maximum Gasteiger partial charge on any atom is 0.255 e. The summed E-state index contributed by atoms with van der Waals surface area (Å²) in [5, 5.41) is 16.8. The number of anilines is 1. The Morgan fingerprint density at radius 1 is 1.17 bits per heavy atom. The van der Waals surface area contributed by atoms with E-state index in [1.165, 1.54) is 4.90 Å². The molecule has 5 rings (SSSR count). The second-order valence-corrected chi connectivity index (χ2v) is 11.2. The van der Waals surface area contributed by atoms with Crippen molar-refractivity contribution in [2.24, 2.45) is 0 Å². The van der Waals surface area contributed by atoms with Crippen molar-refractivity contribution in [3.8, 4) is 17.0 Å². The molecule has 2 amide bonds. The summed E-state index contributed by atoms with van der Waals surface area (Å²) < 4.78 is 10.7. The number of ether oxygens (including phenoxy) is 2. The molecule has 0 radical (unpaired) electrons. The Labute approximate surface area is 250 Å². The number of halogens is 1. The number of hydrogen-bond donors (Lipinski definition) is 3. The second-order valence-electron chi connectivity index (χ2n) is 10.8. The quantitative estimate of drug-likeness (QED) is 0.316. The first-order valence-electron chi connectivity index (χ1n) is 14.1. The summed E-state index contributed by atoms with van der Waals surface area (Å²) in [6, 6.07) is 11.7. The molecule has 0 bridgehead atoms. The van der Waals surface area contributed by atoms with E-state index >= 15 is 0 Å². The topological polar surface area (TPSA) is 126 Å². The van der Waals surface area contributed by atoms with Gasteiger partial charge in [0.1, 0.15) is 11.8 Å². The Hall–Kier alpha value is -3.73. The lowest BCUT2D eigenvalue weighted by atomic mass is 9.93. The SMILES string of the molecule is COc1cccc(C(C)NC(=O)C(CO)N2Cc3ccc(-c4nc(N[C@H]5CC[C@H](OC)CC5)ncc4Cl)cc3C2=O)c1. The third kappa shape index (κ3) is 6.35. The maximum atomic E-state index is 13.5. The molecule has 3 N–H and O–H groups in total. The number of aliphatic hydroxyl groups excluding tert-OH is 1. The molecule has 2 aliphatic rings. The first kappa shape index (κ1) is 29.8. The Morgan fingerprint density at radius 2 is 1.95 bits per heavy atom. The fourth-order valence-corrected chi connectivity index (χ4v) is 5.81. The molecule has 10 nitrogen and oxygen atoms in total. The van der Waals surface area contributed by atoms with Crippen LogP contribution in [0.2, 0.25) is 5.02 Å². The van der Waals surface area contributed by atoms with Crippen molar-refractivity contribution in [1.29, 1.82) is 0 Å². The van der Waals surface area contributed by atoms with E-state index in [-0.39, 0.29) is 24.5 Å². The number of nitrogens with zero attached hydrogens (tertiary/aromatic N) is 3. The Morgan fingerprint density at radius 3 is 2.67 bits per heavy atom.